The van der Waals surface area contributed by atoms with Crippen LogP contribution in [-0.2, 0) is 4.79 Å². The van der Waals surface area contributed by atoms with Crippen LogP contribution in [0.15, 0.2) is 48.1 Å². The molecule has 3 nitrogen and oxygen atoms in total. The van der Waals surface area contributed by atoms with Gasteiger partial charge in [-0.1, -0.05) is 48.4 Å². The molecule has 1 aromatic carbocycles. The van der Waals surface area contributed by atoms with Crippen LogP contribution in [-0.4, -0.2) is 17.6 Å². The first-order chi connectivity index (χ1) is 9.56. The summed E-state index contributed by atoms with van der Waals surface area (Å²) in [6, 6.07) is 6.90. The van der Waals surface area contributed by atoms with Crippen molar-refractivity contribution in [2.45, 2.75) is 26.4 Å². The van der Waals surface area contributed by atoms with Gasteiger partial charge in [-0.2, -0.15) is 0 Å². The van der Waals surface area contributed by atoms with E-state index in [1.165, 1.54) is 6.08 Å². The van der Waals surface area contributed by atoms with E-state index in [4.69, 9.17) is 11.6 Å². The van der Waals surface area contributed by atoms with Crippen molar-refractivity contribution in [3.8, 4) is 0 Å². The molecule has 0 fully saturated rings. The van der Waals surface area contributed by atoms with Crippen LogP contribution in [0.4, 0.5) is 0 Å². The fraction of sp³-hybridized carbons (Fsp3) is 0.312. The number of halogens is 1. The monoisotopic (exact) mass is 293 g/mol. The van der Waals surface area contributed by atoms with Crippen molar-refractivity contribution in [3.05, 3.63) is 58.7 Å². The van der Waals surface area contributed by atoms with Gasteiger partial charge in [0.25, 0.3) is 0 Å². The molecule has 0 aliphatic carbocycles. The second kappa shape index (κ2) is 8.56. The second-order valence-corrected chi connectivity index (χ2v) is 4.80. The largest absolute Gasteiger partial charge is 0.387 e. The minimum atomic E-state index is -0.739. The summed E-state index contributed by atoms with van der Waals surface area (Å²) >= 11 is 5.78. The molecule has 108 valence electrons. The van der Waals surface area contributed by atoms with Gasteiger partial charge < -0.3 is 10.4 Å². The smallest absolute Gasteiger partial charge is 0.244 e. The molecule has 0 aliphatic rings. The molecule has 0 saturated carbocycles. The van der Waals surface area contributed by atoms with E-state index in [0.717, 1.165) is 17.6 Å². The number of hydrogen-bond donors (Lipinski definition) is 2. The fourth-order valence-corrected chi connectivity index (χ4v) is 1.79. The Morgan fingerprint density at radius 1 is 1.35 bits per heavy atom. The molecule has 0 heterocycles. The summed E-state index contributed by atoms with van der Waals surface area (Å²) in [5.41, 5.74) is 1.82. The van der Waals surface area contributed by atoms with Gasteiger partial charge in [-0.3, -0.25) is 4.79 Å². The predicted octanol–water partition coefficient (Wildman–Crippen LogP) is 3.40. The van der Waals surface area contributed by atoms with Crippen molar-refractivity contribution < 1.29 is 9.90 Å². The van der Waals surface area contributed by atoms with Crippen LogP contribution in [0, 0.1) is 0 Å². The average Bonchev–Trinajstić information content (AvgIpc) is 2.46. The van der Waals surface area contributed by atoms with Crippen molar-refractivity contribution >= 4 is 17.5 Å². The quantitative estimate of drug-likeness (QED) is 0.624. The average molecular weight is 294 g/mol. The van der Waals surface area contributed by atoms with Crippen LogP contribution in [0.2, 0.25) is 5.02 Å². The number of allylic oxidation sites excluding steroid dienone is 3. The number of nitrogens with one attached hydrogen (secondary N) is 1. The third-order valence-corrected chi connectivity index (χ3v) is 3.20. The highest BCUT2D eigenvalue weighted by molar-refractivity contribution is 6.30. The van der Waals surface area contributed by atoms with Gasteiger partial charge in [-0.05, 0) is 31.0 Å². The first-order valence-electron chi connectivity index (χ1n) is 6.61. The Morgan fingerprint density at radius 3 is 2.55 bits per heavy atom. The summed E-state index contributed by atoms with van der Waals surface area (Å²) in [5, 5.41) is 13.2. The Kier molecular flexibility index (Phi) is 7.05. The number of rotatable bonds is 6. The molecule has 1 unspecified atom stereocenters. The summed E-state index contributed by atoms with van der Waals surface area (Å²) in [5.74, 6) is -0.217. The van der Waals surface area contributed by atoms with Gasteiger partial charge >= 0.3 is 0 Å². The topological polar surface area (TPSA) is 49.3 Å². The summed E-state index contributed by atoms with van der Waals surface area (Å²) in [6.07, 6.45) is 5.37. The maximum atomic E-state index is 11.6. The molecule has 20 heavy (non-hydrogen) atoms. The van der Waals surface area contributed by atoms with Crippen molar-refractivity contribution in [1.29, 1.82) is 0 Å². The Hall–Kier alpha value is -1.58. The molecule has 1 amide bonds. The Balaban J connectivity index is 2.46. The normalized spacial score (nSPS) is 13.5. The molecule has 1 aromatic rings. The van der Waals surface area contributed by atoms with Crippen LogP contribution in [0.25, 0.3) is 0 Å². The van der Waals surface area contributed by atoms with Crippen LogP contribution in [0.3, 0.4) is 0 Å². The van der Waals surface area contributed by atoms with E-state index in [9.17, 15) is 9.90 Å². The molecule has 0 spiro atoms. The molecule has 4 heteroatoms. The van der Waals surface area contributed by atoms with Crippen molar-refractivity contribution in [2.24, 2.45) is 0 Å². The minimum Gasteiger partial charge on any atom is -0.387 e. The zero-order chi connectivity index (χ0) is 15.0. The Labute approximate surface area is 125 Å². The highest BCUT2D eigenvalue weighted by Gasteiger charge is 2.08. The number of aliphatic hydroxyl groups excluding tert-OH is 1. The molecule has 0 aromatic heterocycles. The fourth-order valence-electron chi connectivity index (χ4n) is 1.66. The van der Waals surface area contributed by atoms with Gasteiger partial charge in [0, 0.05) is 17.6 Å². The summed E-state index contributed by atoms with van der Waals surface area (Å²) in [7, 11) is 0. The molecule has 0 saturated heterocycles. The second-order valence-electron chi connectivity index (χ2n) is 4.36. The Bertz CT molecular complexity index is 492. The maximum absolute atomic E-state index is 11.6. The Morgan fingerprint density at radius 2 is 2.00 bits per heavy atom. The van der Waals surface area contributed by atoms with E-state index < -0.39 is 6.10 Å². The van der Waals surface area contributed by atoms with E-state index >= 15 is 0 Å². The lowest BCUT2D eigenvalue weighted by Gasteiger charge is -2.11. The lowest BCUT2D eigenvalue weighted by atomic mass is 10.1. The minimum absolute atomic E-state index is 0.169. The third kappa shape index (κ3) is 5.59. The lowest BCUT2D eigenvalue weighted by molar-refractivity contribution is -0.116. The highest BCUT2D eigenvalue weighted by Crippen LogP contribution is 2.15. The van der Waals surface area contributed by atoms with Crippen LogP contribution in [0.5, 0.6) is 0 Å². The molecule has 0 radical (unpaired) electrons. The van der Waals surface area contributed by atoms with Crippen LogP contribution in [0.1, 0.15) is 31.9 Å². The zero-order valence-corrected chi connectivity index (χ0v) is 12.5. The van der Waals surface area contributed by atoms with Crippen LogP contribution >= 0.6 is 11.6 Å². The SMILES string of the molecule is CC=C(C=CC(=O)NCC(O)c1ccc(Cl)cc1)CC. The molecule has 2 N–H and O–H groups in total. The molecule has 1 rings (SSSR count). The number of aliphatic hydroxyl groups is 1. The lowest BCUT2D eigenvalue weighted by Crippen LogP contribution is -2.26. The highest BCUT2D eigenvalue weighted by atomic mass is 35.5. The molecule has 0 aliphatic heterocycles. The molecule has 0 bridgehead atoms. The summed E-state index contributed by atoms with van der Waals surface area (Å²) in [4.78, 5) is 11.6. The van der Waals surface area contributed by atoms with Gasteiger partial charge in [-0.25, -0.2) is 0 Å². The van der Waals surface area contributed by atoms with E-state index in [2.05, 4.69) is 5.32 Å². The van der Waals surface area contributed by atoms with E-state index in [1.807, 2.05) is 19.9 Å². The first kappa shape index (κ1) is 16.5. The van der Waals surface area contributed by atoms with Gasteiger partial charge in [0.1, 0.15) is 0 Å². The molecular weight excluding hydrogens is 274 g/mol. The number of hydrogen-bond acceptors (Lipinski definition) is 2. The number of carbonyl (C=O) groups is 1. The van der Waals surface area contributed by atoms with Gasteiger partial charge in [0.05, 0.1) is 6.10 Å². The van der Waals surface area contributed by atoms with Crippen molar-refractivity contribution in [2.75, 3.05) is 6.54 Å². The van der Waals surface area contributed by atoms with Crippen molar-refractivity contribution in [1.82, 2.24) is 5.32 Å². The van der Waals surface area contributed by atoms with E-state index in [-0.39, 0.29) is 12.5 Å². The summed E-state index contributed by atoms with van der Waals surface area (Å²) in [6.45, 7) is 4.13. The van der Waals surface area contributed by atoms with E-state index in [0.29, 0.717) is 5.02 Å². The standard InChI is InChI=1S/C16H20ClNO2/c1-3-12(4-2)5-10-16(20)18-11-15(19)13-6-8-14(17)9-7-13/h3,5-10,15,19H,4,11H2,1-2H3,(H,18,20). The zero-order valence-electron chi connectivity index (χ0n) is 11.8. The van der Waals surface area contributed by atoms with Gasteiger partial charge in [0.15, 0.2) is 0 Å². The number of carbonyl (C=O) groups excluding carboxylic acids is 1. The van der Waals surface area contributed by atoms with E-state index in [1.54, 1.807) is 30.3 Å². The number of benzene rings is 1. The van der Waals surface area contributed by atoms with Gasteiger partial charge in [-0.15, -0.1) is 0 Å². The first-order valence-corrected chi connectivity index (χ1v) is 6.99. The summed E-state index contributed by atoms with van der Waals surface area (Å²) < 4.78 is 0. The molecular formula is C16H20ClNO2. The van der Waals surface area contributed by atoms with Crippen LogP contribution < -0.4 is 5.32 Å². The van der Waals surface area contributed by atoms with Crippen molar-refractivity contribution in [3.63, 3.8) is 0 Å². The van der Waals surface area contributed by atoms with Gasteiger partial charge in [0.2, 0.25) is 5.91 Å². The number of amides is 1. The maximum Gasteiger partial charge on any atom is 0.244 e. The predicted molar refractivity (Wildman–Crippen MR) is 82.6 cm³/mol. The molecule has 1 atom stereocenters. The third-order valence-electron chi connectivity index (χ3n) is 2.95.